The van der Waals surface area contributed by atoms with Gasteiger partial charge in [-0.1, -0.05) is 5.11 Å². The largest absolute Gasteiger partial charge is 0.352 e. The van der Waals surface area contributed by atoms with Crippen LogP contribution < -0.4 is 5.32 Å². The number of rotatable bonds is 6. The van der Waals surface area contributed by atoms with Gasteiger partial charge in [0.05, 0.1) is 0 Å². The van der Waals surface area contributed by atoms with E-state index in [1.807, 2.05) is 4.90 Å². The van der Waals surface area contributed by atoms with E-state index < -0.39 is 40.4 Å². The van der Waals surface area contributed by atoms with Crippen LogP contribution in [0.25, 0.3) is 10.4 Å². The third-order valence-electron chi connectivity index (χ3n) is 2.68. The van der Waals surface area contributed by atoms with Crippen molar-refractivity contribution < 1.29 is 22.4 Å². The van der Waals surface area contributed by atoms with E-state index in [-0.39, 0.29) is 6.54 Å². The van der Waals surface area contributed by atoms with Crippen molar-refractivity contribution in [2.45, 2.75) is 6.42 Å². The number of azide groups is 1. The second-order valence-electron chi connectivity index (χ2n) is 4.58. The molecule has 22 heavy (non-hydrogen) atoms. The van der Waals surface area contributed by atoms with Crippen LogP contribution in [-0.4, -0.2) is 38.0 Å². The van der Waals surface area contributed by atoms with Gasteiger partial charge in [0.2, 0.25) is 0 Å². The van der Waals surface area contributed by atoms with Crippen LogP contribution in [0.15, 0.2) is 5.11 Å². The molecule has 0 spiro atoms. The molecule has 0 aliphatic carbocycles. The molecule has 10 heteroatoms. The van der Waals surface area contributed by atoms with E-state index in [2.05, 4.69) is 15.3 Å². The minimum atomic E-state index is -1.92. The van der Waals surface area contributed by atoms with E-state index in [0.29, 0.717) is 13.0 Å². The maximum atomic E-state index is 13.7. The van der Waals surface area contributed by atoms with Gasteiger partial charge in [-0.25, -0.2) is 17.6 Å². The number of halogens is 4. The average molecular weight is 319 g/mol. The molecule has 120 valence electrons. The van der Waals surface area contributed by atoms with Crippen molar-refractivity contribution in [3.63, 3.8) is 0 Å². The smallest absolute Gasteiger partial charge is 0.257 e. The maximum Gasteiger partial charge on any atom is 0.257 e. The Kier molecular flexibility index (Phi) is 6.14. The summed E-state index contributed by atoms with van der Waals surface area (Å²) in [6.45, 7) is 0.668. The Balaban J connectivity index is 3.05. The first kappa shape index (κ1) is 17.7. The van der Waals surface area contributed by atoms with Gasteiger partial charge in [-0.05, 0) is 32.6 Å². The summed E-state index contributed by atoms with van der Waals surface area (Å²) in [5.41, 5.74) is 5.27. The first-order valence-corrected chi connectivity index (χ1v) is 6.15. The van der Waals surface area contributed by atoms with Crippen LogP contribution in [0.2, 0.25) is 0 Å². The molecule has 0 saturated heterocycles. The molecule has 0 radical (unpaired) electrons. The van der Waals surface area contributed by atoms with Crippen molar-refractivity contribution in [1.82, 2.24) is 10.2 Å². The zero-order chi connectivity index (χ0) is 16.9. The summed E-state index contributed by atoms with van der Waals surface area (Å²) >= 11 is 0. The van der Waals surface area contributed by atoms with Crippen LogP contribution in [0.3, 0.4) is 0 Å². The third kappa shape index (κ3) is 3.86. The summed E-state index contributed by atoms with van der Waals surface area (Å²) in [4.78, 5) is 15.6. The Morgan fingerprint density at radius 1 is 1.18 bits per heavy atom. The fourth-order valence-electron chi connectivity index (χ4n) is 1.64. The summed E-state index contributed by atoms with van der Waals surface area (Å²) in [6, 6.07) is 0. The maximum absolute atomic E-state index is 13.7. The Labute approximate surface area is 123 Å². The summed E-state index contributed by atoms with van der Waals surface area (Å²) in [5, 5.41) is 4.70. The van der Waals surface area contributed by atoms with Gasteiger partial charge >= 0.3 is 0 Å². The molecule has 0 unspecified atom stereocenters. The van der Waals surface area contributed by atoms with Gasteiger partial charge in [0.15, 0.2) is 23.3 Å². The Morgan fingerprint density at radius 2 is 1.73 bits per heavy atom. The van der Waals surface area contributed by atoms with Crippen LogP contribution in [0.4, 0.5) is 23.2 Å². The highest BCUT2D eigenvalue weighted by Gasteiger charge is 2.28. The molecule has 0 atom stereocenters. The molecule has 0 heterocycles. The van der Waals surface area contributed by atoms with Gasteiger partial charge in [-0.2, -0.15) is 0 Å². The number of carbonyl (C=O) groups excluding carboxylic acids is 1. The number of hydrogen-bond donors (Lipinski definition) is 1. The van der Waals surface area contributed by atoms with Crippen molar-refractivity contribution in [2.75, 3.05) is 27.2 Å². The molecule has 0 fully saturated rings. The highest BCUT2D eigenvalue weighted by atomic mass is 19.2. The number of amides is 1. The SMILES string of the molecule is CN(C)CCCNC(=O)c1c(F)c(F)c(N=[N+]=[N-])c(F)c1F. The van der Waals surface area contributed by atoms with Gasteiger partial charge in [-0.15, -0.1) is 0 Å². The van der Waals surface area contributed by atoms with Crippen molar-refractivity contribution in [2.24, 2.45) is 5.11 Å². The molecule has 0 saturated carbocycles. The van der Waals surface area contributed by atoms with E-state index in [0.717, 1.165) is 0 Å². The molecule has 0 aromatic heterocycles. The van der Waals surface area contributed by atoms with Crippen molar-refractivity contribution in [3.8, 4) is 0 Å². The molecule has 1 rings (SSSR count). The van der Waals surface area contributed by atoms with E-state index in [1.165, 1.54) is 0 Å². The number of carbonyl (C=O) groups is 1. The number of hydrogen-bond acceptors (Lipinski definition) is 3. The summed E-state index contributed by atoms with van der Waals surface area (Å²) < 4.78 is 54.4. The fraction of sp³-hybridized carbons (Fsp3) is 0.417. The minimum absolute atomic E-state index is 0.0667. The second kappa shape index (κ2) is 7.62. The van der Waals surface area contributed by atoms with Crippen LogP contribution in [0.1, 0.15) is 16.8 Å². The van der Waals surface area contributed by atoms with Crippen molar-refractivity contribution in [3.05, 3.63) is 39.3 Å². The molecule has 1 aromatic carbocycles. The quantitative estimate of drug-likeness (QED) is 0.218. The van der Waals surface area contributed by atoms with E-state index in [9.17, 15) is 22.4 Å². The van der Waals surface area contributed by atoms with Crippen LogP contribution in [0.5, 0.6) is 0 Å². The molecule has 6 nitrogen and oxygen atoms in total. The van der Waals surface area contributed by atoms with Crippen molar-refractivity contribution >= 4 is 11.6 Å². The summed E-state index contributed by atoms with van der Waals surface area (Å²) in [5.74, 6) is -8.96. The van der Waals surface area contributed by atoms with E-state index in [4.69, 9.17) is 5.53 Å². The lowest BCUT2D eigenvalue weighted by molar-refractivity contribution is 0.0941. The molecule has 1 N–H and O–H groups in total. The van der Waals surface area contributed by atoms with Crippen LogP contribution in [0, 0.1) is 23.3 Å². The highest BCUT2D eigenvalue weighted by Crippen LogP contribution is 2.30. The molecular formula is C12H13F4N5O. The average Bonchev–Trinajstić information content (AvgIpc) is 2.46. The number of benzene rings is 1. The van der Waals surface area contributed by atoms with Crippen LogP contribution in [-0.2, 0) is 0 Å². The highest BCUT2D eigenvalue weighted by molar-refractivity contribution is 5.95. The monoisotopic (exact) mass is 319 g/mol. The molecule has 1 aromatic rings. The summed E-state index contributed by atoms with van der Waals surface area (Å²) in [7, 11) is 3.58. The normalized spacial score (nSPS) is 10.5. The Hall–Kier alpha value is -2.32. The van der Waals surface area contributed by atoms with Crippen molar-refractivity contribution in [1.29, 1.82) is 0 Å². The topological polar surface area (TPSA) is 81.1 Å². The predicted octanol–water partition coefficient (Wildman–Crippen LogP) is 2.87. The molecule has 0 aliphatic heterocycles. The van der Waals surface area contributed by atoms with E-state index >= 15 is 0 Å². The molecule has 1 amide bonds. The molecule has 0 aliphatic rings. The standard InChI is InChI=1S/C12H13F4N5O/c1-21(2)5-3-4-18-12(22)6-7(13)9(15)11(19-20-17)10(16)8(6)14/h3-5H2,1-2H3,(H,18,22). The lowest BCUT2D eigenvalue weighted by Gasteiger charge is -2.11. The third-order valence-corrected chi connectivity index (χ3v) is 2.68. The lowest BCUT2D eigenvalue weighted by Crippen LogP contribution is -2.29. The van der Waals surface area contributed by atoms with Gasteiger partial charge < -0.3 is 10.2 Å². The zero-order valence-corrected chi connectivity index (χ0v) is 11.8. The first-order valence-electron chi connectivity index (χ1n) is 6.15. The van der Waals surface area contributed by atoms with Gasteiger partial charge in [0.1, 0.15) is 11.3 Å². The van der Waals surface area contributed by atoms with Gasteiger partial charge in [-0.3, -0.25) is 4.79 Å². The van der Waals surface area contributed by atoms with Crippen LogP contribution >= 0.6 is 0 Å². The zero-order valence-electron chi connectivity index (χ0n) is 11.8. The minimum Gasteiger partial charge on any atom is -0.352 e. The first-order chi connectivity index (χ1) is 10.3. The summed E-state index contributed by atoms with van der Waals surface area (Å²) in [6.07, 6.45) is 0.476. The van der Waals surface area contributed by atoms with Gasteiger partial charge in [0, 0.05) is 11.5 Å². The Bertz CT molecular complexity index is 599. The molecular weight excluding hydrogens is 306 g/mol. The Morgan fingerprint density at radius 3 is 2.18 bits per heavy atom. The fourth-order valence-corrected chi connectivity index (χ4v) is 1.64. The van der Waals surface area contributed by atoms with Gasteiger partial charge in [0.25, 0.3) is 5.91 Å². The lowest BCUT2D eigenvalue weighted by atomic mass is 10.1. The van der Waals surface area contributed by atoms with E-state index in [1.54, 1.807) is 14.1 Å². The number of nitrogens with one attached hydrogen (secondary N) is 1. The predicted molar refractivity (Wildman–Crippen MR) is 70.6 cm³/mol. The number of nitrogens with zero attached hydrogens (tertiary/aromatic N) is 4. The molecule has 0 bridgehead atoms. The second-order valence-corrected chi connectivity index (χ2v) is 4.58.